The Morgan fingerprint density at radius 1 is 1.27 bits per heavy atom. The molecule has 1 aromatic heterocycles. The van der Waals surface area contributed by atoms with Crippen molar-refractivity contribution < 1.29 is 14.4 Å². The summed E-state index contributed by atoms with van der Waals surface area (Å²) in [5.41, 5.74) is 7.84. The number of hydrogen-bond acceptors (Lipinski definition) is 5. The third-order valence-electron chi connectivity index (χ3n) is 4.69. The molecule has 2 heterocycles. The zero-order chi connectivity index (χ0) is 18.3. The highest BCUT2D eigenvalue weighted by Gasteiger charge is 2.19. The van der Waals surface area contributed by atoms with Crippen LogP contribution in [-0.4, -0.2) is 23.3 Å². The van der Waals surface area contributed by atoms with Crippen LogP contribution in [0.5, 0.6) is 0 Å². The number of carboxylic acid groups (broad SMARTS) is 1. The van der Waals surface area contributed by atoms with E-state index in [-0.39, 0.29) is 6.42 Å². The van der Waals surface area contributed by atoms with Crippen LogP contribution in [0.1, 0.15) is 16.9 Å². The minimum atomic E-state index is -0.818. The number of fused-ring (bicyclic) bond motifs is 3. The summed E-state index contributed by atoms with van der Waals surface area (Å²) in [6.07, 6.45) is 0.0391. The number of nitrogens with zero attached hydrogens (tertiary/aromatic N) is 1. The van der Waals surface area contributed by atoms with Gasteiger partial charge in [0.25, 0.3) is 0 Å². The second-order valence-electron chi connectivity index (χ2n) is 6.39. The van der Waals surface area contributed by atoms with Crippen molar-refractivity contribution in [3.63, 3.8) is 0 Å². The zero-order valence-corrected chi connectivity index (χ0v) is 14.6. The molecule has 132 valence electrons. The van der Waals surface area contributed by atoms with E-state index in [1.807, 2.05) is 38.2 Å². The molecular weight excluding hydrogens is 330 g/mol. The maximum atomic E-state index is 10.9. The van der Waals surface area contributed by atoms with Crippen LogP contribution in [0.25, 0.3) is 22.4 Å². The van der Waals surface area contributed by atoms with Crippen LogP contribution in [0, 0.1) is 6.92 Å². The molecular formula is C20H19N3O3. The second kappa shape index (κ2) is 6.22. The molecule has 2 aromatic carbocycles. The molecule has 0 amide bonds. The van der Waals surface area contributed by atoms with Gasteiger partial charge < -0.3 is 20.3 Å². The van der Waals surface area contributed by atoms with Gasteiger partial charge >= 0.3 is 5.97 Å². The molecule has 0 radical (unpaired) electrons. The van der Waals surface area contributed by atoms with Crippen LogP contribution in [-0.2, 0) is 17.8 Å². The van der Waals surface area contributed by atoms with E-state index in [9.17, 15) is 4.79 Å². The summed E-state index contributed by atoms with van der Waals surface area (Å²) >= 11 is 0. The molecule has 6 heteroatoms. The number of nitrogens with one attached hydrogen (secondary N) is 2. The summed E-state index contributed by atoms with van der Waals surface area (Å²) in [5, 5.41) is 19.7. The molecule has 0 spiro atoms. The van der Waals surface area contributed by atoms with Crippen molar-refractivity contribution in [2.45, 2.75) is 19.9 Å². The number of rotatable bonds is 4. The van der Waals surface area contributed by atoms with Crippen LogP contribution in [0.15, 0.2) is 40.9 Å². The lowest BCUT2D eigenvalue weighted by molar-refractivity contribution is -0.136. The SMILES string of the molecule is CNc1c(-c2ccc3c(c2)NCc2cc(CC(=O)O)ccc2-3)noc1C. The first kappa shape index (κ1) is 16.2. The Morgan fingerprint density at radius 2 is 2.08 bits per heavy atom. The predicted octanol–water partition coefficient (Wildman–Crippen LogP) is 3.91. The van der Waals surface area contributed by atoms with Gasteiger partial charge in [-0.3, -0.25) is 4.79 Å². The number of anilines is 2. The molecule has 0 atom stereocenters. The largest absolute Gasteiger partial charge is 0.481 e. The van der Waals surface area contributed by atoms with Gasteiger partial charge in [0.05, 0.1) is 6.42 Å². The quantitative estimate of drug-likeness (QED) is 0.662. The van der Waals surface area contributed by atoms with Crippen molar-refractivity contribution in [2.24, 2.45) is 0 Å². The molecule has 1 aliphatic rings. The average molecular weight is 349 g/mol. The summed E-state index contributed by atoms with van der Waals surface area (Å²) in [4.78, 5) is 10.9. The van der Waals surface area contributed by atoms with E-state index in [1.54, 1.807) is 0 Å². The number of benzene rings is 2. The molecule has 0 saturated heterocycles. The molecule has 0 saturated carbocycles. The number of hydrogen-bond donors (Lipinski definition) is 3. The van der Waals surface area contributed by atoms with Gasteiger partial charge in [0, 0.05) is 30.4 Å². The van der Waals surface area contributed by atoms with Gasteiger partial charge in [-0.15, -0.1) is 0 Å². The molecule has 3 N–H and O–H groups in total. The van der Waals surface area contributed by atoms with Crippen molar-refractivity contribution in [2.75, 3.05) is 17.7 Å². The smallest absolute Gasteiger partial charge is 0.307 e. The summed E-state index contributed by atoms with van der Waals surface area (Å²) in [7, 11) is 1.85. The maximum absolute atomic E-state index is 10.9. The van der Waals surface area contributed by atoms with E-state index in [1.165, 1.54) is 0 Å². The summed E-state index contributed by atoms with van der Waals surface area (Å²) in [6.45, 7) is 2.54. The van der Waals surface area contributed by atoms with Crippen molar-refractivity contribution >= 4 is 17.3 Å². The number of aryl methyl sites for hydroxylation is 1. The van der Waals surface area contributed by atoms with E-state index in [4.69, 9.17) is 9.63 Å². The zero-order valence-electron chi connectivity index (χ0n) is 14.6. The Balaban J connectivity index is 1.74. The molecule has 0 fully saturated rings. The van der Waals surface area contributed by atoms with Gasteiger partial charge in [-0.25, -0.2) is 0 Å². The Hall–Kier alpha value is -3.28. The van der Waals surface area contributed by atoms with E-state index in [2.05, 4.69) is 27.9 Å². The molecule has 4 rings (SSSR count). The monoisotopic (exact) mass is 349 g/mol. The van der Waals surface area contributed by atoms with Crippen molar-refractivity contribution in [3.05, 3.63) is 53.3 Å². The standard InChI is InChI=1S/C20H19N3O3/c1-11-19(21-2)20(23-26-11)13-4-6-16-15-5-3-12(8-18(24)25)7-14(15)10-22-17(16)9-13/h3-7,9,21-22H,8,10H2,1-2H3,(H,24,25). The number of carboxylic acids is 1. The summed E-state index contributed by atoms with van der Waals surface area (Å²) < 4.78 is 5.31. The Kier molecular flexibility index (Phi) is 3.88. The van der Waals surface area contributed by atoms with Gasteiger partial charge in [0.2, 0.25) is 0 Å². The average Bonchev–Trinajstić information content (AvgIpc) is 3.01. The minimum Gasteiger partial charge on any atom is -0.481 e. The molecule has 0 aliphatic carbocycles. The third kappa shape index (κ3) is 2.69. The molecule has 0 unspecified atom stereocenters. The molecule has 26 heavy (non-hydrogen) atoms. The lowest BCUT2D eigenvalue weighted by Gasteiger charge is -2.23. The molecule has 6 nitrogen and oxygen atoms in total. The third-order valence-corrected chi connectivity index (χ3v) is 4.69. The molecule has 0 bridgehead atoms. The molecule has 3 aromatic rings. The Labute approximate surface area is 150 Å². The van der Waals surface area contributed by atoms with E-state index in [0.717, 1.165) is 50.6 Å². The topological polar surface area (TPSA) is 87.4 Å². The lowest BCUT2D eigenvalue weighted by Crippen LogP contribution is -2.10. The fraction of sp³-hybridized carbons (Fsp3) is 0.200. The van der Waals surface area contributed by atoms with E-state index >= 15 is 0 Å². The van der Waals surface area contributed by atoms with Crippen molar-refractivity contribution in [1.29, 1.82) is 0 Å². The fourth-order valence-corrected chi connectivity index (χ4v) is 3.47. The maximum Gasteiger partial charge on any atom is 0.307 e. The summed E-state index contributed by atoms with van der Waals surface area (Å²) in [6, 6.07) is 12.0. The number of carbonyl (C=O) groups is 1. The van der Waals surface area contributed by atoms with Gasteiger partial charge in [0.15, 0.2) is 5.76 Å². The van der Waals surface area contributed by atoms with Crippen LogP contribution >= 0.6 is 0 Å². The number of aliphatic carboxylic acids is 1. The number of aromatic nitrogens is 1. The van der Waals surface area contributed by atoms with Gasteiger partial charge in [-0.2, -0.15) is 0 Å². The van der Waals surface area contributed by atoms with Crippen LogP contribution < -0.4 is 10.6 Å². The first-order chi connectivity index (χ1) is 12.6. The van der Waals surface area contributed by atoms with Crippen LogP contribution in [0.4, 0.5) is 11.4 Å². The normalized spacial score (nSPS) is 12.1. The highest BCUT2D eigenvalue weighted by molar-refractivity contribution is 5.88. The van der Waals surface area contributed by atoms with Gasteiger partial charge in [-0.1, -0.05) is 35.5 Å². The Bertz CT molecular complexity index is 1010. The first-order valence-electron chi connectivity index (χ1n) is 8.43. The van der Waals surface area contributed by atoms with E-state index in [0.29, 0.717) is 6.54 Å². The predicted molar refractivity (Wildman–Crippen MR) is 100 cm³/mol. The van der Waals surface area contributed by atoms with E-state index < -0.39 is 5.97 Å². The Morgan fingerprint density at radius 3 is 2.85 bits per heavy atom. The van der Waals surface area contributed by atoms with Crippen LogP contribution in [0.2, 0.25) is 0 Å². The lowest BCUT2D eigenvalue weighted by atomic mass is 9.91. The highest BCUT2D eigenvalue weighted by Crippen LogP contribution is 2.39. The van der Waals surface area contributed by atoms with Gasteiger partial charge in [-0.05, 0) is 29.7 Å². The van der Waals surface area contributed by atoms with Crippen molar-refractivity contribution in [3.8, 4) is 22.4 Å². The first-order valence-corrected chi connectivity index (χ1v) is 8.43. The fourth-order valence-electron chi connectivity index (χ4n) is 3.47. The van der Waals surface area contributed by atoms with Crippen molar-refractivity contribution in [1.82, 2.24) is 5.16 Å². The second-order valence-corrected chi connectivity index (χ2v) is 6.39. The molecule has 1 aliphatic heterocycles. The highest BCUT2D eigenvalue weighted by atomic mass is 16.5. The van der Waals surface area contributed by atoms with Crippen LogP contribution in [0.3, 0.4) is 0 Å². The minimum absolute atomic E-state index is 0.0391. The van der Waals surface area contributed by atoms with Gasteiger partial charge in [0.1, 0.15) is 11.4 Å². The summed E-state index contributed by atoms with van der Waals surface area (Å²) in [5.74, 6) is -0.0634.